The van der Waals surface area contributed by atoms with Gasteiger partial charge in [0.1, 0.15) is 6.04 Å². The van der Waals surface area contributed by atoms with Crippen LogP contribution in [0.1, 0.15) is 43.9 Å². The van der Waals surface area contributed by atoms with E-state index in [-0.39, 0.29) is 24.7 Å². The smallest absolute Gasteiger partial charge is 0.241 e. The molecule has 2 unspecified atom stereocenters. The number of nitrogens with zero attached hydrogens (tertiary/aromatic N) is 3. The van der Waals surface area contributed by atoms with Crippen molar-refractivity contribution < 1.29 is 18.8 Å². The van der Waals surface area contributed by atoms with E-state index in [1.54, 1.807) is 0 Å². The highest BCUT2D eigenvalue weighted by Gasteiger charge is 2.40. The Bertz CT molecular complexity index is 951. The van der Waals surface area contributed by atoms with Crippen molar-refractivity contribution in [1.29, 1.82) is 0 Å². The summed E-state index contributed by atoms with van der Waals surface area (Å²) in [5, 5.41) is 4.15. The first-order chi connectivity index (χ1) is 14.7. The molecule has 1 saturated carbocycles. The first-order valence-corrected chi connectivity index (χ1v) is 10.8. The summed E-state index contributed by atoms with van der Waals surface area (Å²) in [6.45, 7) is 1.68. The summed E-state index contributed by atoms with van der Waals surface area (Å²) in [4.78, 5) is 19.4. The lowest BCUT2D eigenvalue weighted by atomic mass is 9.95. The van der Waals surface area contributed by atoms with Gasteiger partial charge in [-0.05, 0) is 56.2 Å². The number of fused-ring (bicyclic) bond motifs is 1. The molecule has 0 radical (unpaired) electrons. The highest BCUT2D eigenvalue weighted by molar-refractivity contribution is 5.82. The number of amides is 1. The van der Waals surface area contributed by atoms with E-state index in [9.17, 15) is 4.79 Å². The normalized spacial score (nSPS) is 26.3. The van der Waals surface area contributed by atoms with Crippen molar-refractivity contribution in [2.24, 2.45) is 5.92 Å². The number of aromatic nitrogens is 2. The van der Waals surface area contributed by atoms with Crippen molar-refractivity contribution in [2.45, 2.75) is 50.1 Å². The fraction of sp³-hybridized carbons (Fsp3) is 0.571. The largest absolute Gasteiger partial charge is 0.454 e. The molecule has 4 heterocycles. The van der Waals surface area contributed by atoms with Crippen LogP contribution in [0.15, 0.2) is 22.7 Å². The third-order valence-electron chi connectivity index (χ3n) is 6.65. The van der Waals surface area contributed by atoms with Crippen molar-refractivity contribution in [3.8, 4) is 22.9 Å². The van der Waals surface area contributed by atoms with Gasteiger partial charge in [0.15, 0.2) is 11.5 Å². The predicted molar refractivity (Wildman–Crippen MR) is 106 cm³/mol. The van der Waals surface area contributed by atoms with E-state index in [1.807, 2.05) is 23.1 Å². The number of hydrogen-bond donors (Lipinski definition) is 2. The van der Waals surface area contributed by atoms with Crippen LogP contribution in [0, 0.1) is 5.92 Å². The molecular formula is C21H25N5O4. The summed E-state index contributed by atoms with van der Waals surface area (Å²) in [6, 6.07) is 5.98. The number of carbonyl (C=O) groups is 1. The van der Waals surface area contributed by atoms with Crippen LogP contribution in [-0.2, 0) is 4.79 Å². The average Bonchev–Trinajstić information content (AvgIpc) is 3.20. The van der Waals surface area contributed by atoms with E-state index >= 15 is 0 Å². The molecule has 1 aromatic carbocycles. The number of hydrazine groups is 1. The summed E-state index contributed by atoms with van der Waals surface area (Å²) in [5.41, 5.74) is 7.36. The first kappa shape index (κ1) is 18.1. The number of carbonyl (C=O) groups excluding carboxylic acids is 1. The Kier molecular flexibility index (Phi) is 4.38. The second-order valence-corrected chi connectivity index (χ2v) is 8.64. The summed E-state index contributed by atoms with van der Waals surface area (Å²) in [6.07, 6.45) is 5.13. The second kappa shape index (κ2) is 7.24. The Morgan fingerprint density at radius 1 is 1.07 bits per heavy atom. The standard InChI is InChI=1S/C21H25N5O4/c27-21(16-10-15(23-24-16)12-1-2-12)26-7-5-13(6-8-26)20-22-19(25-30-20)14-3-4-17-18(9-14)29-11-28-17/h3-4,9,12-13,15-16,23-24H,1-2,5-8,10-11H2. The molecular weight excluding hydrogens is 386 g/mol. The Labute approximate surface area is 174 Å². The van der Waals surface area contributed by atoms with Crippen molar-refractivity contribution in [3.05, 3.63) is 24.1 Å². The van der Waals surface area contributed by atoms with Crippen molar-refractivity contribution >= 4 is 5.91 Å². The van der Waals surface area contributed by atoms with Gasteiger partial charge in [-0.15, -0.1) is 0 Å². The molecule has 0 spiro atoms. The summed E-state index contributed by atoms with van der Waals surface area (Å²) in [5.74, 6) is 3.75. The summed E-state index contributed by atoms with van der Waals surface area (Å²) < 4.78 is 16.3. The molecule has 1 aromatic heterocycles. The summed E-state index contributed by atoms with van der Waals surface area (Å²) in [7, 11) is 0. The molecule has 2 N–H and O–H groups in total. The highest BCUT2D eigenvalue weighted by Crippen LogP contribution is 2.37. The molecule has 3 fully saturated rings. The maximum atomic E-state index is 12.9. The Morgan fingerprint density at radius 2 is 1.90 bits per heavy atom. The van der Waals surface area contributed by atoms with E-state index in [1.165, 1.54) is 12.8 Å². The lowest BCUT2D eigenvalue weighted by Crippen LogP contribution is -2.48. The molecule has 0 bridgehead atoms. The minimum atomic E-state index is -0.104. The fourth-order valence-electron chi connectivity index (χ4n) is 4.67. The van der Waals surface area contributed by atoms with Crippen LogP contribution >= 0.6 is 0 Å². The predicted octanol–water partition coefficient (Wildman–Crippen LogP) is 1.82. The summed E-state index contributed by atoms with van der Waals surface area (Å²) >= 11 is 0. The van der Waals surface area contributed by atoms with Gasteiger partial charge < -0.3 is 18.9 Å². The number of nitrogens with one attached hydrogen (secondary N) is 2. The van der Waals surface area contributed by atoms with Crippen molar-refractivity contribution in [1.82, 2.24) is 25.9 Å². The van der Waals surface area contributed by atoms with Gasteiger partial charge >= 0.3 is 0 Å². The van der Waals surface area contributed by atoms with E-state index in [4.69, 9.17) is 14.0 Å². The molecule has 9 nitrogen and oxygen atoms in total. The zero-order chi connectivity index (χ0) is 20.1. The number of ether oxygens (including phenoxy) is 2. The van der Waals surface area contributed by atoms with Gasteiger partial charge in [0.2, 0.25) is 24.4 Å². The van der Waals surface area contributed by atoms with Crippen LogP contribution in [0.5, 0.6) is 11.5 Å². The van der Waals surface area contributed by atoms with Gasteiger partial charge in [0, 0.05) is 30.6 Å². The van der Waals surface area contributed by atoms with E-state index < -0.39 is 0 Å². The lowest BCUT2D eigenvalue weighted by molar-refractivity contribution is -0.134. The van der Waals surface area contributed by atoms with Gasteiger partial charge in [0.25, 0.3) is 0 Å². The molecule has 3 aliphatic heterocycles. The van der Waals surface area contributed by atoms with Crippen molar-refractivity contribution in [3.63, 3.8) is 0 Å². The average molecular weight is 411 g/mol. The zero-order valence-corrected chi connectivity index (χ0v) is 16.7. The minimum absolute atomic E-state index is 0.104. The number of rotatable bonds is 4. The number of hydrogen-bond acceptors (Lipinski definition) is 8. The molecule has 2 saturated heterocycles. The van der Waals surface area contributed by atoms with Gasteiger partial charge in [-0.2, -0.15) is 4.98 Å². The Morgan fingerprint density at radius 3 is 2.73 bits per heavy atom. The van der Waals surface area contributed by atoms with Crippen LogP contribution in [0.4, 0.5) is 0 Å². The van der Waals surface area contributed by atoms with Crippen LogP contribution in [-0.4, -0.2) is 52.9 Å². The minimum Gasteiger partial charge on any atom is -0.454 e. The molecule has 1 amide bonds. The Balaban J connectivity index is 1.07. The molecule has 9 heteroatoms. The molecule has 2 atom stereocenters. The molecule has 158 valence electrons. The lowest BCUT2D eigenvalue weighted by Gasteiger charge is -2.32. The van der Waals surface area contributed by atoms with Crippen LogP contribution in [0.3, 0.4) is 0 Å². The highest BCUT2D eigenvalue weighted by atomic mass is 16.7. The third-order valence-corrected chi connectivity index (χ3v) is 6.65. The fourth-order valence-corrected chi connectivity index (χ4v) is 4.67. The zero-order valence-electron chi connectivity index (χ0n) is 16.7. The molecule has 1 aliphatic carbocycles. The monoisotopic (exact) mass is 411 g/mol. The number of piperidine rings is 1. The molecule has 4 aliphatic rings. The maximum absolute atomic E-state index is 12.9. The van der Waals surface area contributed by atoms with E-state index in [0.29, 0.717) is 23.5 Å². The quantitative estimate of drug-likeness (QED) is 0.786. The SMILES string of the molecule is O=C(C1CC(C2CC2)NN1)N1CCC(c2nc(-c3ccc4c(c3)OCO4)no2)CC1. The number of benzene rings is 1. The molecule has 30 heavy (non-hydrogen) atoms. The van der Waals surface area contributed by atoms with Crippen LogP contribution < -0.4 is 20.3 Å². The number of likely N-dealkylation sites (tertiary alicyclic amines) is 1. The van der Waals surface area contributed by atoms with Gasteiger partial charge in [-0.25, -0.2) is 5.43 Å². The van der Waals surface area contributed by atoms with E-state index in [2.05, 4.69) is 21.0 Å². The van der Waals surface area contributed by atoms with Gasteiger partial charge in [-0.1, -0.05) is 5.16 Å². The molecule has 2 aromatic rings. The van der Waals surface area contributed by atoms with Crippen molar-refractivity contribution in [2.75, 3.05) is 19.9 Å². The molecule has 6 rings (SSSR count). The maximum Gasteiger partial charge on any atom is 0.241 e. The Hall–Kier alpha value is -2.65. The topological polar surface area (TPSA) is 102 Å². The van der Waals surface area contributed by atoms with Crippen LogP contribution in [0.2, 0.25) is 0 Å². The third kappa shape index (κ3) is 3.31. The van der Waals surface area contributed by atoms with E-state index in [0.717, 1.165) is 49.6 Å². The van der Waals surface area contributed by atoms with Crippen LogP contribution in [0.25, 0.3) is 11.4 Å². The van der Waals surface area contributed by atoms with Gasteiger partial charge in [-0.3, -0.25) is 10.2 Å². The van der Waals surface area contributed by atoms with Gasteiger partial charge in [0.05, 0.1) is 0 Å². The second-order valence-electron chi connectivity index (χ2n) is 8.64. The first-order valence-electron chi connectivity index (χ1n) is 10.8.